The van der Waals surface area contributed by atoms with Crippen molar-refractivity contribution in [3.8, 4) is 0 Å². The zero-order valence-electron chi connectivity index (χ0n) is 13.2. The van der Waals surface area contributed by atoms with Gasteiger partial charge < -0.3 is 14.6 Å². The van der Waals surface area contributed by atoms with E-state index in [0.29, 0.717) is 17.3 Å². The molecule has 0 unspecified atom stereocenters. The number of aryl methyl sites for hydroxylation is 2. The zero-order chi connectivity index (χ0) is 15.7. The van der Waals surface area contributed by atoms with E-state index >= 15 is 0 Å². The molecular formula is C17H21N3O2. The van der Waals surface area contributed by atoms with E-state index in [1.165, 1.54) is 5.69 Å². The average Bonchev–Trinajstić information content (AvgIpc) is 2.76. The summed E-state index contributed by atoms with van der Waals surface area (Å²) in [5.74, 6) is 0.913. The SMILES string of the molecule is Cc1nc(C(=O)N[C@H]2CCCN(C)c3ccccc32)c(C)o1. The second kappa shape index (κ2) is 5.83. The van der Waals surface area contributed by atoms with Gasteiger partial charge >= 0.3 is 0 Å². The third kappa shape index (κ3) is 2.71. The highest BCUT2D eigenvalue weighted by Gasteiger charge is 2.24. The lowest BCUT2D eigenvalue weighted by Gasteiger charge is -2.22. The standard InChI is InChI=1S/C17H21N3O2/c1-11-16(18-12(2)22-11)17(21)19-14-8-6-10-20(3)15-9-5-4-7-13(14)15/h4-5,7,9,14H,6,8,10H2,1-3H3,(H,19,21)/t14-/m0/s1. The molecule has 5 heteroatoms. The zero-order valence-corrected chi connectivity index (χ0v) is 13.2. The van der Waals surface area contributed by atoms with Crippen molar-refractivity contribution in [3.63, 3.8) is 0 Å². The molecule has 116 valence electrons. The predicted octanol–water partition coefficient (Wildman–Crippen LogP) is 2.99. The van der Waals surface area contributed by atoms with E-state index in [1.54, 1.807) is 13.8 Å². The molecule has 1 amide bonds. The van der Waals surface area contributed by atoms with Gasteiger partial charge in [0.25, 0.3) is 5.91 Å². The van der Waals surface area contributed by atoms with Crippen molar-refractivity contribution in [1.82, 2.24) is 10.3 Å². The summed E-state index contributed by atoms with van der Waals surface area (Å²) in [5, 5.41) is 3.12. The Hall–Kier alpha value is -2.30. The molecule has 0 fully saturated rings. The van der Waals surface area contributed by atoms with Crippen molar-refractivity contribution in [1.29, 1.82) is 0 Å². The van der Waals surface area contributed by atoms with E-state index in [-0.39, 0.29) is 11.9 Å². The van der Waals surface area contributed by atoms with Crippen LogP contribution in [0.4, 0.5) is 5.69 Å². The molecule has 0 spiro atoms. The summed E-state index contributed by atoms with van der Waals surface area (Å²) in [6, 6.07) is 8.24. The molecule has 1 aromatic carbocycles. The normalized spacial score (nSPS) is 17.8. The molecule has 1 atom stereocenters. The second-order valence-corrected chi connectivity index (χ2v) is 5.79. The first-order valence-electron chi connectivity index (χ1n) is 7.61. The number of hydrogen-bond donors (Lipinski definition) is 1. The van der Waals surface area contributed by atoms with Gasteiger partial charge in [-0.3, -0.25) is 4.79 Å². The molecule has 2 aromatic rings. The van der Waals surface area contributed by atoms with E-state index in [2.05, 4.69) is 34.4 Å². The fraction of sp³-hybridized carbons (Fsp3) is 0.412. The number of hydrogen-bond acceptors (Lipinski definition) is 4. The summed E-state index contributed by atoms with van der Waals surface area (Å²) < 4.78 is 5.36. The second-order valence-electron chi connectivity index (χ2n) is 5.79. The van der Waals surface area contributed by atoms with Gasteiger partial charge in [0, 0.05) is 26.2 Å². The van der Waals surface area contributed by atoms with Gasteiger partial charge in [0.15, 0.2) is 11.6 Å². The fourth-order valence-electron chi connectivity index (χ4n) is 3.05. The predicted molar refractivity (Wildman–Crippen MR) is 85.1 cm³/mol. The number of carbonyl (C=O) groups is 1. The summed E-state index contributed by atoms with van der Waals surface area (Å²) in [7, 11) is 2.09. The monoisotopic (exact) mass is 299 g/mol. The number of anilines is 1. The molecule has 2 heterocycles. The Morgan fingerprint density at radius 3 is 2.86 bits per heavy atom. The van der Waals surface area contributed by atoms with Crippen molar-refractivity contribution in [2.75, 3.05) is 18.5 Å². The van der Waals surface area contributed by atoms with Crippen LogP contribution in [0.3, 0.4) is 0 Å². The van der Waals surface area contributed by atoms with Crippen molar-refractivity contribution in [2.45, 2.75) is 32.7 Å². The van der Waals surface area contributed by atoms with Gasteiger partial charge in [-0.05, 0) is 31.4 Å². The van der Waals surface area contributed by atoms with Crippen molar-refractivity contribution >= 4 is 11.6 Å². The molecule has 1 aliphatic heterocycles. The van der Waals surface area contributed by atoms with Crippen LogP contribution in [0.15, 0.2) is 28.7 Å². The fourth-order valence-corrected chi connectivity index (χ4v) is 3.05. The highest BCUT2D eigenvalue weighted by molar-refractivity contribution is 5.93. The lowest BCUT2D eigenvalue weighted by Crippen LogP contribution is -2.29. The van der Waals surface area contributed by atoms with E-state index in [0.717, 1.165) is 24.9 Å². The molecule has 0 aliphatic carbocycles. The van der Waals surface area contributed by atoms with E-state index in [4.69, 9.17) is 4.42 Å². The number of nitrogens with one attached hydrogen (secondary N) is 1. The Morgan fingerprint density at radius 2 is 2.14 bits per heavy atom. The van der Waals surface area contributed by atoms with Gasteiger partial charge in [-0.15, -0.1) is 0 Å². The van der Waals surface area contributed by atoms with Crippen LogP contribution < -0.4 is 10.2 Å². The van der Waals surface area contributed by atoms with E-state index < -0.39 is 0 Å². The summed E-state index contributed by atoms with van der Waals surface area (Å²) in [6.45, 7) is 4.51. The Labute approximate surface area is 130 Å². The Bertz CT molecular complexity index is 693. The number of nitrogens with zero attached hydrogens (tertiary/aromatic N) is 2. The summed E-state index contributed by atoms with van der Waals surface area (Å²) >= 11 is 0. The number of rotatable bonds is 2. The molecular weight excluding hydrogens is 278 g/mol. The molecule has 0 radical (unpaired) electrons. The van der Waals surface area contributed by atoms with E-state index in [9.17, 15) is 4.79 Å². The molecule has 22 heavy (non-hydrogen) atoms. The van der Waals surface area contributed by atoms with E-state index in [1.807, 2.05) is 12.1 Å². The van der Waals surface area contributed by atoms with Crippen LogP contribution in [0.25, 0.3) is 0 Å². The molecule has 0 saturated carbocycles. The van der Waals surface area contributed by atoms with Gasteiger partial charge in [0.2, 0.25) is 0 Å². The highest BCUT2D eigenvalue weighted by Crippen LogP contribution is 2.32. The van der Waals surface area contributed by atoms with Crippen LogP contribution in [0.5, 0.6) is 0 Å². The number of fused-ring (bicyclic) bond motifs is 1. The molecule has 1 aliphatic rings. The van der Waals surface area contributed by atoms with Crippen molar-refractivity contribution in [3.05, 3.63) is 47.2 Å². The average molecular weight is 299 g/mol. The van der Waals surface area contributed by atoms with Gasteiger partial charge in [0.05, 0.1) is 6.04 Å². The lowest BCUT2D eigenvalue weighted by atomic mass is 10.0. The molecule has 1 N–H and O–H groups in total. The molecule has 3 rings (SSSR count). The maximum absolute atomic E-state index is 12.5. The topological polar surface area (TPSA) is 58.4 Å². The Morgan fingerprint density at radius 1 is 1.36 bits per heavy atom. The first-order chi connectivity index (χ1) is 10.6. The minimum absolute atomic E-state index is 0.00468. The number of carbonyl (C=O) groups excluding carboxylic acids is 1. The van der Waals surface area contributed by atoms with Gasteiger partial charge in [-0.25, -0.2) is 4.98 Å². The quantitative estimate of drug-likeness (QED) is 0.926. The van der Waals surface area contributed by atoms with Crippen LogP contribution >= 0.6 is 0 Å². The minimum atomic E-state index is -0.168. The summed E-state index contributed by atoms with van der Waals surface area (Å²) in [5.41, 5.74) is 2.72. The maximum atomic E-state index is 12.5. The first-order valence-corrected chi connectivity index (χ1v) is 7.61. The molecule has 0 saturated heterocycles. The smallest absolute Gasteiger partial charge is 0.274 e. The largest absolute Gasteiger partial charge is 0.445 e. The highest BCUT2D eigenvalue weighted by atomic mass is 16.4. The van der Waals surface area contributed by atoms with Gasteiger partial charge in [-0.1, -0.05) is 18.2 Å². The third-order valence-corrected chi connectivity index (χ3v) is 4.13. The summed E-state index contributed by atoms with van der Waals surface area (Å²) in [4.78, 5) is 18.9. The van der Waals surface area contributed by atoms with Crippen molar-refractivity contribution < 1.29 is 9.21 Å². The first kappa shape index (κ1) is 14.6. The van der Waals surface area contributed by atoms with Crippen LogP contribution in [-0.4, -0.2) is 24.5 Å². The van der Waals surface area contributed by atoms with Crippen molar-refractivity contribution in [2.24, 2.45) is 0 Å². The van der Waals surface area contributed by atoms with Crippen LogP contribution in [0.2, 0.25) is 0 Å². The van der Waals surface area contributed by atoms with Crippen LogP contribution in [0.1, 0.15) is 46.6 Å². The maximum Gasteiger partial charge on any atom is 0.274 e. The molecule has 0 bridgehead atoms. The van der Waals surface area contributed by atoms with Crippen LogP contribution in [-0.2, 0) is 0 Å². The Kier molecular flexibility index (Phi) is 3.88. The number of aromatic nitrogens is 1. The summed E-state index contributed by atoms with van der Waals surface area (Å²) in [6.07, 6.45) is 1.95. The molecule has 5 nitrogen and oxygen atoms in total. The Balaban J connectivity index is 1.87. The number of para-hydroxylation sites is 1. The molecule has 1 aromatic heterocycles. The minimum Gasteiger partial charge on any atom is -0.445 e. The van der Waals surface area contributed by atoms with Gasteiger partial charge in [-0.2, -0.15) is 0 Å². The number of benzene rings is 1. The third-order valence-electron chi connectivity index (χ3n) is 4.13. The van der Waals surface area contributed by atoms with Gasteiger partial charge in [0.1, 0.15) is 5.76 Å². The number of oxazole rings is 1. The van der Waals surface area contributed by atoms with Crippen LogP contribution in [0, 0.1) is 13.8 Å². The number of amides is 1. The lowest BCUT2D eigenvalue weighted by molar-refractivity contribution is 0.0929.